The molecule has 84 valence electrons. The summed E-state index contributed by atoms with van der Waals surface area (Å²) in [5.74, 6) is 0.311. The molecule has 0 N–H and O–H groups in total. The molecule has 2 atom stereocenters. The molecule has 0 aromatic carbocycles. The summed E-state index contributed by atoms with van der Waals surface area (Å²) in [4.78, 5) is 22.5. The molecular weight excluding hydrogens is 192 g/mol. The highest BCUT2D eigenvalue weighted by atomic mass is 16.5. The van der Waals surface area contributed by atoms with Crippen molar-refractivity contribution >= 4 is 11.8 Å². The molecule has 0 aliphatic heterocycles. The Balaban J connectivity index is 2.43. The lowest BCUT2D eigenvalue weighted by Crippen LogP contribution is -2.20. The van der Waals surface area contributed by atoms with Gasteiger partial charge in [-0.3, -0.25) is 9.59 Å². The number of rotatable bonds is 4. The van der Waals surface area contributed by atoms with Crippen molar-refractivity contribution in [2.24, 2.45) is 11.8 Å². The molecule has 3 nitrogen and oxygen atoms in total. The molecule has 3 heteroatoms. The molecular formula is C12H18O3. The highest BCUT2D eigenvalue weighted by Crippen LogP contribution is 2.26. The molecule has 1 rings (SSSR count). The summed E-state index contributed by atoms with van der Waals surface area (Å²) in [6, 6.07) is 0. The normalized spacial score (nSPS) is 24.9. The van der Waals surface area contributed by atoms with E-state index in [0.717, 1.165) is 12.8 Å². The quantitative estimate of drug-likeness (QED) is 0.527. The number of esters is 1. The predicted molar refractivity (Wildman–Crippen MR) is 57.3 cm³/mol. The summed E-state index contributed by atoms with van der Waals surface area (Å²) in [5.41, 5.74) is 0. The number of carbonyl (C=O) groups excluding carboxylic acids is 2. The zero-order valence-electron chi connectivity index (χ0n) is 9.36. The van der Waals surface area contributed by atoms with E-state index in [-0.39, 0.29) is 23.6 Å². The summed E-state index contributed by atoms with van der Waals surface area (Å²) in [6.07, 6.45) is 6.02. The molecule has 0 aromatic rings. The third kappa shape index (κ3) is 3.86. The second-order valence-corrected chi connectivity index (χ2v) is 3.98. The Labute approximate surface area is 90.5 Å². The molecule has 15 heavy (non-hydrogen) atoms. The Kier molecular flexibility index (Phi) is 4.53. The van der Waals surface area contributed by atoms with Gasteiger partial charge in [0.2, 0.25) is 0 Å². The number of hydrogen-bond donors (Lipinski definition) is 0. The zero-order chi connectivity index (χ0) is 11.3. The van der Waals surface area contributed by atoms with Gasteiger partial charge in [0.1, 0.15) is 5.78 Å². The van der Waals surface area contributed by atoms with Crippen molar-refractivity contribution in [3.8, 4) is 0 Å². The van der Waals surface area contributed by atoms with Crippen LogP contribution in [0.3, 0.4) is 0 Å². The molecule has 0 radical (unpaired) electrons. The molecule has 1 aliphatic carbocycles. The molecule has 0 saturated carbocycles. The highest BCUT2D eigenvalue weighted by Gasteiger charge is 2.23. The van der Waals surface area contributed by atoms with Gasteiger partial charge in [0.05, 0.1) is 13.0 Å². The van der Waals surface area contributed by atoms with Crippen LogP contribution < -0.4 is 0 Å². The number of allylic oxidation sites excluding steroid dienone is 2. The van der Waals surface area contributed by atoms with E-state index in [1.807, 2.05) is 12.2 Å². The van der Waals surface area contributed by atoms with Crippen molar-refractivity contribution in [1.29, 1.82) is 0 Å². The molecule has 0 bridgehead atoms. The van der Waals surface area contributed by atoms with Crippen LogP contribution >= 0.6 is 0 Å². The van der Waals surface area contributed by atoms with Crippen LogP contribution in [0.5, 0.6) is 0 Å². The van der Waals surface area contributed by atoms with E-state index < -0.39 is 0 Å². The number of Topliss-reactive ketones (excluding diaryl/α,β-unsaturated/α-hetero) is 1. The van der Waals surface area contributed by atoms with Crippen LogP contribution in [0.2, 0.25) is 0 Å². The molecule has 0 aromatic heterocycles. The van der Waals surface area contributed by atoms with Gasteiger partial charge < -0.3 is 4.74 Å². The van der Waals surface area contributed by atoms with Crippen molar-refractivity contribution in [2.75, 3.05) is 6.61 Å². The first kappa shape index (κ1) is 12.0. The summed E-state index contributed by atoms with van der Waals surface area (Å²) in [7, 11) is 0. The highest BCUT2D eigenvalue weighted by molar-refractivity contribution is 5.78. The van der Waals surface area contributed by atoms with Crippen molar-refractivity contribution in [2.45, 2.75) is 33.1 Å². The van der Waals surface area contributed by atoms with Crippen LogP contribution in [0.25, 0.3) is 0 Å². The lowest BCUT2D eigenvalue weighted by atomic mass is 9.83. The van der Waals surface area contributed by atoms with Gasteiger partial charge in [-0.1, -0.05) is 12.2 Å². The molecule has 0 heterocycles. The van der Waals surface area contributed by atoms with Crippen LogP contribution in [-0.2, 0) is 14.3 Å². The van der Waals surface area contributed by atoms with E-state index in [1.54, 1.807) is 13.8 Å². The standard InChI is InChI=1S/C12H18O3/c1-3-15-12(14)8-10-5-4-6-11(7-10)9(2)13/h4-5,10-11H,3,6-8H2,1-2H3/t10-,11-/m0/s1. The number of hydrogen-bond acceptors (Lipinski definition) is 3. The number of ether oxygens (including phenoxy) is 1. The van der Waals surface area contributed by atoms with Gasteiger partial charge in [0.25, 0.3) is 0 Å². The predicted octanol–water partition coefficient (Wildman–Crippen LogP) is 2.11. The topological polar surface area (TPSA) is 43.4 Å². The van der Waals surface area contributed by atoms with Crippen molar-refractivity contribution in [1.82, 2.24) is 0 Å². The Bertz CT molecular complexity index is 268. The van der Waals surface area contributed by atoms with E-state index in [9.17, 15) is 9.59 Å². The van der Waals surface area contributed by atoms with Gasteiger partial charge in [0.15, 0.2) is 0 Å². The Morgan fingerprint density at radius 1 is 1.47 bits per heavy atom. The third-order valence-electron chi connectivity index (χ3n) is 2.73. The van der Waals surface area contributed by atoms with Crippen LogP contribution in [0.4, 0.5) is 0 Å². The fraction of sp³-hybridized carbons (Fsp3) is 0.667. The minimum absolute atomic E-state index is 0.0921. The summed E-state index contributed by atoms with van der Waals surface area (Å²) < 4.78 is 4.88. The second kappa shape index (κ2) is 5.69. The number of carbonyl (C=O) groups is 2. The van der Waals surface area contributed by atoms with E-state index >= 15 is 0 Å². The van der Waals surface area contributed by atoms with E-state index in [2.05, 4.69) is 0 Å². The average Bonchev–Trinajstić information content (AvgIpc) is 2.18. The van der Waals surface area contributed by atoms with E-state index in [0.29, 0.717) is 13.0 Å². The minimum Gasteiger partial charge on any atom is -0.466 e. The van der Waals surface area contributed by atoms with E-state index in [1.165, 1.54) is 0 Å². The molecule has 0 saturated heterocycles. The first-order valence-corrected chi connectivity index (χ1v) is 5.46. The van der Waals surface area contributed by atoms with Crippen LogP contribution in [0, 0.1) is 11.8 Å². The summed E-state index contributed by atoms with van der Waals surface area (Å²) >= 11 is 0. The van der Waals surface area contributed by atoms with Crippen molar-refractivity contribution in [3.05, 3.63) is 12.2 Å². The van der Waals surface area contributed by atoms with Crippen molar-refractivity contribution in [3.63, 3.8) is 0 Å². The van der Waals surface area contributed by atoms with Crippen molar-refractivity contribution < 1.29 is 14.3 Å². The van der Waals surface area contributed by atoms with Gasteiger partial charge in [-0.15, -0.1) is 0 Å². The Morgan fingerprint density at radius 3 is 2.80 bits per heavy atom. The Hall–Kier alpha value is -1.12. The number of ketones is 1. The fourth-order valence-electron chi connectivity index (χ4n) is 1.89. The largest absolute Gasteiger partial charge is 0.466 e. The monoisotopic (exact) mass is 210 g/mol. The second-order valence-electron chi connectivity index (χ2n) is 3.98. The average molecular weight is 210 g/mol. The summed E-state index contributed by atoms with van der Waals surface area (Å²) in [6.45, 7) is 3.84. The summed E-state index contributed by atoms with van der Waals surface area (Å²) in [5, 5.41) is 0. The SMILES string of the molecule is CCOC(=O)C[C@H]1C=CC[C@H](C(C)=O)C1. The van der Waals surface area contributed by atoms with E-state index in [4.69, 9.17) is 4.74 Å². The molecule has 0 amide bonds. The van der Waals surface area contributed by atoms with Crippen LogP contribution in [0.1, 0.15) is 33.1 Å². The smallest absolute Gasteiger partial charge is 0.306 e. The van der Waals surface area contributed by atoms with Crippen LogP contribution in [0.15, 0.2) is 12.2 Å². The maximum atomic E-state index is 11.2. The first-order valence-electron chi connectivity index (χ1n) is 5.46. The van der Waals surface area contributed by atoms with Gasteiger partial charge in [-0.25, -0.2) is 0 Å². The molecule has 0 fully saturated rings. The fourth-order valence-corrected chi connectivity index (χ4v) is 1.89. The zero-order valence-corrected chi connectivity index (χ0v) is 9.36. The Morgan fingerprint density at radius 2 is 2.20 bits per heavy atom. The molecule has 0 unspecified atom stereocenters. The lowest BCUT2D eigenvalue weighted by molar-refractivity contribution is -0.144. The van der Waals surface area contributed by atoms with Gasteiger partial charge in [-0.05, 0) is 32.6 Å². The van der Waals surface area contributed by atoms with Gasteiger partial charge >= 0.3 is 5.97 Å². The molecule has 1 aliphatic rings. The minimum atomic E-state index is -0.170. The molecule has 0 spiro atoms. The maximum Gasteiger partial charge on any atom is 0.306 e. The first-order chi connectivity index (χ1) is 7.13. The van der Waals surface area contributed by atoms with Gasteiger partial charge in [-0.2, -0.15) is 0 Å². The van der Waals surface area contributed by atoms with Crippen LogP contribution in [-0.4, -0.2) is 18.4 Å². The van der Waals surface area contributed by atoms with Gasteiger partial charge in [0, 0.05) is 5.92 Å². The third-order valence-corrected chi connectivity index (χ3v) is 2.73. The maximum absolute atomic E-state index is 11.2. The lowest BCUT2D eigenvalue weighted by Gasteiger charge is -2.21.